The lowest BCUT2D eigenvalue weighted by Crippen LogP contribution is -2.47. The van der Waals surface area contributed by atoms with Gasteiger partial charge in [0, 0.05) is 24.9 Å². The molecule has 3 heteroatoms. The number of ether oxygens (including phenoxy) is 1. The minimum atomic E-state index is 0.329. The normalized spacial score (nSPS) is 37.6. The summed E-state index contributed by atoms with van der Waals surface area (Å²) in [6, 6.07) is 0. The van der Waals surface area contributed by atoms with Crippen molar-refractivity contribution in [2.24, 2.45) is 11.8 Å². The molecule has 2 saturated heterocycles. The Hall–Kier alpha value is -0.570. The van der Waals surface area contributed by atoms with Gasteiger partial charge in [-0.2, -0.15) is 0 Å². The molecule has 0 spiro atoms. The summed E-state index contributed by atoms with van der Waals surface area (Å²) in [4.78, 5) is 14.6. The number of amides is 1. The standard InChI is InChI=1S/C15H25NO2/c1-11-9-13-10-16(8-7-14(13)18-11)15(17)12-5-3-2-4-6-12/h11-14H,2-10H2,1H3/t11-,13-,14-/m1/s1. The predicted octanol–water partition coefficient (Wildman–Crippen LogP) is 2.59. The summed E-state index contributed by atoms with van der Waals surface area (Å²) in [6.07, 6.45) is 9.06. The maximum Gasteiger partial charge on any atom is 0.225 e. The maximum absolute atomic E-state index is 12.5. The molecule has 3 nitrogen and oxygen atoms in total. The molecule has 1 amide bonds. The Morgan fingerprint density at radius 3 is 2.72 bits per heavy atom. The largest absolute Gasteiger partial charge is 0.375 e. The fraction of sp³-hybridized carbons (Fsp3) is 0.933. The average Bonchev–Trinajstić information content (AvgIpc) is 2.78. The molecule has 3 aliphatic rings. The molecule has 18 heavy (non-hydrogen) atoms. The minimum Gasteiger partial charge on any atom is -0.375 e. The Morgan fingerprint density at radius 2 is 1.94 bits per heavy atom. The first-order valence-corrected chi connectivity index (χ1v) is 7.68. The van der Waals surface area contributed by atoms with E-state index in [-0.39, 0.29) is 0 Å². The third-order valence-corrected chi connectivity index (χ3v) is 4.97. The molecule has 2 heterocycles. The van der Waals surface area contributed by atoms with E-state index < -0.39 is 0 Å². The first-order valence-electron chi connectivity index (χ1n) is 7.68. The first kappa shape index (κ1) is 12.5. The lowest BCUT2D eigenvalue weighted by Gasteiger charge is -2.36. The Bertz CT molecular complexity index is 312. The van der Waals surface area contributed by atoms with E-state index in [0.29, 0.717) is 30.0 Å². The van der Waals surface area contributed by atoms with Crippen LogP contribution >= 0.6 is 0 Å². The van der Waals surface area contributed by atoms with E-state index in [1.165, 1.54) is 19.3 Å². The summed E-state index contributed by atoms with van der Waals surface area (Å²) < 4.78 is 5.90. The summed E-state index contributed by atoms with van der Waals surface area (Å²) in [6.45, 7) is 4.03. The number of hydrogen-bond donors (Lipinski definition) is 0. The van der Waals surface area contributed by atoms with Crippen LogP contribution in [0, 0.1) is 11.8 Å². The second-order valence-electron chi connectivity index (χ2n) is 6.39. The van der Waals surface area contributed by atoms with Crippen molar-refractivity contribution in [3.05, 3.63) is 0 Å². The third-order valence-electron chi connectivity index (χ3n) is 4.97. The second kappa shape index (κ2) is 5.20. The number of hydrogen-bond acceptors (Lipinski definition) is 2. The van der Waals surface area contributed by atoms with E-state index in [2.05, 4.69) is 11.8 Å². The van der Waals surface area contributed by atoms with E-state index in [9.17, 15) is 4.79 Å². The van der Waals surface area contributed by atoms with Crippen molar-refractivity contribution < 1.29 is 9.53 Å². The fourth-order valence-corrected chi connectivity index (χ4v) is 4.00. The number of carbonyl (C=O) groups excluding carboxylic acids is 1. The highest BCUT2D eigenvalue weighted by Crippen LogP contribution is 2.34. The molecule has 0 N–H and O–H groups in total. The summed E-state index contributed by atoms with van der Waals surface area (Å²) in [5.74, 6) is 1.36. The van der Waals surface area contributed by atoms with Gasteiger partial charge in [-0.25, -0.2) is 0 Å². The van der Waals surface area contributed by atoms with Gasteiger partial charge in [-0.15, -0.1) is 0 Å². The zero-order valence-corrected chi connectivity index (χ0v) is 11.4. The van der Waals surface area contributed by atoms with Gasteiger partial charge in [-0.1, -0.05) is 19.3 Å². The van der Waals surface area contributed by atoms with Crippen LogP contribution in [0.4, 0.5) is 0 Å². The molecule has 102 valence electrons. The van der Waals surface area contributed by atoms with Crippen LogP contribution < -0.4 is 0 Å². The van der Waals surface area contributed by atoms with Gasteiger partial charge in [0.2, 0.25) is 5.91 Å². The van der Waals surface area contributed by atoms with Crippen molar-refractivity contribution in [2.45, 2.75) is 64.1 Å². The third kappa shape index (κ3) is 2.42. The number of rotatable bonds is 1. The average molecular weight is 251 g/mol. The molecular formula is C15H25NO2. The predicted molar refractivity (Wildman–Crippen MR) is 70.2 cm³/mol. The maximum atomic E-state index is 12.5. The SMILES string of the molecule is C[C@@H]1C[C@@H]2CN(C(=O)C3CCCCC3)CC[C@H]2O1. The molecule has 1 aliphatic carbocycles. The zero-order valence-electron chi connectivity index (χ0n) is 11.4. The van der Waals surface area contributed by atoms with E-state index in [4.69, 9.17) is 4.74 Å². The van der Waals surface area contributed by atoms with Gasteiger partial charge in [0.05, 0.1) is 12.2 Å². The molecule has 0 aromatic carbocycles. The lowest BCUT2D eigenvalue weighted by atomic mass is 9.86. The molecule has 3 rings (SSSR count). The molecule has 0 unspecified atom stereocenters. The number of piperidine rings is 1. The summed E-state index contributed by atoms with van der Waals surface area (Å²) in [7, 11) is 0. The van der Waals surface area contributed by atoms with Crippen molar-refractivity contribution in [1.82, 2.24) is 4.90 Å². The van der Waals surface area contributed by atoms with E-state index in [0.717, 1.165) is 38.8 Å². The molecule has 1 saturated carbocycles. The fourth-order valence-electron chi connectivity index (χ4n) is 4.00. The molecule has 0 aromatic rings. The second-order valence-corrected chi connectivity index (χ2v) is 6.39. The van der Waals surface area contributed by atoms with Gasteiger partial charge >= 0.3 is 0 Å². The highest BCUT2D eigenvalue weighted by Gasteiger charge is 2.39. The molecule has 0 bridgehead atoms. The van der Waals surface area contributed by atoms with Gasteiger partial charge in [-0.3, -0.25) is 4.79 Å². The topological polar surface area (TPSA) is 29.5 Å². The van der Waals surface area contributed by atoms with E-state index in [1.807, 2.05) is 0 Å². The molecular weight excluding hydrogens is 226 g/mol. The molecule has 0 radical (unpaired) electrons. The summed E-state index contributed by atoms with van der Waals surface area (Å²) >= 11 is 0. The van der Waals surface area contributed by atoms with Crippen LogP contribution in [0.15, 0.2) is 0 Å². The first-order chi connectivity index (χ1) is 8.74. The highest BCUT2D eigenvalue weighted by molar-refractivity contribution is 5.79. The smallest absolute Gasteiger partial charge is 0.225 e. The van der Waals surface area contributed by atoms with Crippen molar-refractivity contribution in [1.29, 1.82) is 0 Å². The van der Waals surface area contributed by atoms with E-state index >= 15 is 0 Å². The Labute approximate surface area is 110 Å². The van der Waals surface area contributed by atoms with Gasteiger partial charge in [0.15, 0.2) is 0 Å². The van der Waals surface area contributed by atoms with Crippen LogP contribution in [-0.4, -0.2) is 36.1 Å². The molecule has 3 atom stereocenters. The van der Waals surface area contributed by atoms with Crippen LogP contribution in [0.2, 0.25) is 0 Å². The Kier molecular flexibility index (Phi) is 3.60. The van der Waals surface area contributed by atoms with Crippen molar-refractivity contribution in [3.63, 3.8) is 0 Å². The molecule has 3 fully saturated rings. The molecule has 0 aromatic heterocycles. The number of fused-ring (bicyclic) bond motifs is 1. The summed E-state index contributed by atoms with van der Waals surface area (Å²) in [5, 5.41) is 0. The lowest BCUT2D eigenvalue weighted by molar-refractivity contribution is -0.139. The van der Waals surface area contributed by atoms with Crippen LogP contribution in [0.1, 0.15) is 51.9 Å². The monoisotopic (exact) mass is 251 g/mol. The highest BCUT2D eigenvalue weighted by atomic mass is 16.5. The number of carbonyl (C=O) groups is 1. The van der Waals surface area contributed by atoms with Crippen molar-refractivity contribution >= 4 is 5.91 Å². The number of likely N-dealkylation sites (tertiary alicyclic amines) is 1. The van der Waals surface area contributed by atoms with Crippen LogP contribution in [-0.2, 0) is 9.53 Å². The van der Waals surface area contributed by atoms with Gasteiger partial charge in [0.1, 0.15) is 0 Å². The Morgan fingerprint density at radius 1 is 1.17 bits per heavy atom. The van der Waals surface area contributed by atoms with Crippen molar-refractivity contribution in [2.75, 3.05) is 13.1 Å². The van der Waals surface area contributed by atoms with Gasteiger partial charge < -0.3 is 9.64 Å². The van der Waals surface area contributed by atoms with Crippen LogP contribution in [0.25, 0.3) is 0 Å². The van der Waals surface area contributed by atoms with Crippen LogP contribution in [0.3, 0.4) is 0 Å². The van der Waals surface area contributed by atoms with Gasteiger partial charge in [0.25, 0.3) is 0 Å². The molecule has 2 aliphatic heterocycles. The zero-order chi connectivity index (χ0) is 12.5. The number of nitrogens with zero attached hydrogens (tertiary/aromatic N) is 1. The quantitative estimate of drug-likeness (QED) is 0.717. The summed E-state index contributed by atoms with van der Waals surface area (Å²) in [5.41, 5.74) is 0. The van der Waals surface area contributed by atoms with Gasteiger partial charge in [-0.05, 0) is 32.6 Å². The minimum absolute atomic E-state index is 0.329. The Balaban J connectivity index is 1.58. The van der Waals surface area contributed by atoms with E-state index in [1.54, 1.807) is 0 Å². The van der Waals surface area contributed by atoms with Crippen LogP contribution in [0.5, 0.6) is 0 Å². The van der Waals surface area contributed by atoms with Crippen molar-refractivity contribution in [3.8, 4) is 0 Å².